The molecule has 0 aromatic carbocycles. The number of piperidine rings is 1. The molecule has 1 atom stereocenters. The summed E-state index contributed by atoms with van der Waals surface area (Å²) < 4.78 is 0. The maximum atomic E-state index is 4.46. The van der Waals surface area contributed by atoms with E-state index in [1.165, 1.54) is 37.5 Å². The molecule has 0 radical (unpaired) electrons. The lowest BCUT2D eigenvalue weighted by Crippen LogP contribution is -2.39. The number of hydrogen-bond donors (Lipinski definition) is 0. The van der Waals surface area contributed by atoms with Gasteiger partial charge in [0.1, 0.15) is 0 Å². The van der Waals surface area contributed by atoms with Gasteiger partial charge in [-0.1, -0.05) is 20.8 Å². The highest BCUT2D eigenvalue weighted by atomic mass is 32.1. The van der Waals surface area contributed by atoms with Crippen LogP contribution in [-0.4, -0.2) is 29.5 Å². The molecule has 2 heterocycles. The maximum absolute atomic E-state index is 4.46. The Morgan fingerprint density at radius 1 is 1.50 bits per heavy atom. The molecule has 0 N–H and O–H groups in total. The zero-order valence-electron chi connectivity index (χ0n) is 10.6. The number of likely N-dealkylation sites (tertiary alicyclic amines) is 1. The molecule has 0 spiro atoms. The van der Waals surface area contributed by atoms with Gasteiger partial charge in [-0.15, -0.1) is 11.3 Å². The molecule has 1 fully saturated rings. The summed E-state index contributed by atoms with van der Waals surface area (Å²) in [4.78, 5) is 7.07. The van der Waals surface area contributed by atoms with Crippen LogP contribution in [0.3, 0.4) is 0 Å². The minimum absolute atomic E-state index is 0.408. The standard InChI is InChI=1S/C13H22N2S/c1-13(2,3)10-15-7-4-5-11(9-15)12-14-6-8-16-12/h6,8,11H,4-5,7,9-10H2,1-3H3/t11-/m0/s1. The fourth-order valence-corrected chi connectivity index (χ4v) is 3.28. The first-order valence-corrected chi connectivity index (χ1v) is 7.04. The molecule has 0 aliphatic carbocycles. The number of thiazole rings is 1. The first-order chi connectivity index (χ1) is 7.54. The molecule has 1 aliphatic rings. The molecule has 0 unspecified atom stereocenters. The molecule has 2 nitrogen and oxygen atoms in total. The molecule has 0 bridgehead atoms. The van der Waals surface area contributed by atoms with E-state index >= 15 is 0 Å². The van der Waals surface area contributed by atoms with Crippen LogP contribution in [-0.2, 0) is 0 Å². The molecule has 0 amide bonds. The van der Waals surface area contributed by atoms with Gasteiger partial charge in [-0.05, 0) is 24.8 Å². The second kappa shape index (κ2) is 4.84. The minimum atomic E-state index is 0.408. The molecular weight excluding hydrogens is 216 g/mol. The SMILES string of the molecule is CC(C)(C)CN1CCC[C@H](c2nccs2)C1. The summed E-state index contributed by atoms with van der Waals surface area (Å²) in [5, 5.41) is 3.43. The third-order valence-corrected chi connectivity index (χ3v) is 3.94. The highest BCUT2D eigenvalue weighted by Gasteiger charge is 2.25. The van der Waals surface area contributed by atoms with Crippen LogP contribution < -0.4 is 0 Å². The average Bonchev–Trinajstić information content (AvgIpc) is 2.68. The van der Waals surface area contributed by atoms with Crippen molar-refractivity contribution in [3.63, 3.8) is 0 Å². The van der Waals surface area contributed by atoms with Gasteiger partial charge in [-0.25, -0.2) is 4.98 Å². The zero-order chi connectivity index (χ0) is 11.6. The quantitative estimate of drug-likeness (QED) is 0.785. The van der Waals surface area contributed by atoms with Gasteiger partial charge in [0, 0.05) is 30.6 Å². The van der Waals surface area contributed by atoms with Crippen LogP contribution in [0.1, 0.15) is 44.5 Å². The van der Waals surface area contributed by atoms with Gasteiger partial charge in [0.2, 0.25) is 0 Å². The Morgan fingerprint density at radius 3 is 2.94 bits per heavy atom. The monoisotopic (exact) mass is 238 g/mol. The summed E-state index contributed by atoms with van der Waals surface area (Å²) in [6, 6.07) is 0. The molecule has 1 aliphatic heterocycles. The summed E-state index contributed by atoms with van der Waals surface area (Å²) in [6.07, 6.45) is 4.57. The summed E-state index contributed by atoms with van der Waals surface area (Å²) in [5.41, 5.74) is 0.408. The number of rotatable bonds is 2. The van der Waals surface area contributed by atoms with E-state index < -0.39 is 0 Å². The highest BCUT2D eigenvalue weighted by Crippen LogP contribution is 2.29. The molecule has 16 heavy (non-hydrogen) atoms. The average molecular weight is 238 g/mol. The van der Waals surface area contributed by atoms with Crippen molar-refractivity contribution in [3.05, 3.63) is 16.6 Å². The lowest BCUT2D eigenvalue weighted by Gasteiger charge is -2.36. The van der Waals surface area contributed by atoms with Gasteiger partial charge < -0.3 is 4.90 Å². The molecule has 0 saturated carbocycles. The molecule has 1 saturated heterocycles. The van der Waals surface area contributed by atoms with E-state index in [-0.39, 0.29) is 0 Å². The van der Waals surface area contributed by atoms with Gasteiger partial charge in [0.05, 0.1) is 5.01 Å². The first kappa shape index (κ1) is 12.1. The van der Waals surface area contributed by atoms with Crippen LogP contribution in [0.15, 0.2) is 11.6 Å². The van der Waals surface area contributed by atoms with Crippen LogP contribution >= 0.6 is 11.3 Å². The van der Waals surface area contributed by atoms with Crippen molar-refractivity contribution in [2.24, 2.45) is 5.41 Å². The smallest absolute Gasteiger partial charge is 0.0968 e. The third kappa shape index (κ3) is 3.29. The van der Waals surface area contributed by atoms with Crippen molar-refractivity contribution in [3.8, 4) is 0 Å². The lowest BCUT2D eigenvalue weighted by molar-refractivity contribution is 0.150. The Morgan fingerprint density at radius 2 is 2.31 bits per heavy atom. The van der Waals surface area contributed by atoms with E-state index in [1.54, 1.807) is 0 Å². The highest BCUT2D eigenvalue weighted by molar-refractivity contribution is 7.09. The van der Waals surface area contributed by atoms with Crippen molar-refractivity contribution < 1.29 is 0 Å². The van der Waals surface area contributed by atoms with Gasteiger partial charge >= 0.3 is 0 Å². The number of aromatic nitrogens is 1. The predicted molar refractivity (Wildman–Crippen MR) is 70.0 cm³/mol. The van der Waals surface area contributed by atoms with Crippen LogP contribution in [0.5, 0.6) is 0 Å². The molecular formula is C13H22N2S. The van der Waals surface area contributed by atoms with Gasteiger partial charge in [-0.3, -0.25) is 0 Å². The minimum Gasteiger partial charge on any atom is -0.302 e. The Balaban J connectivity index is 1.94. The third-order valence-electron chi connectivity index (χ3n) is 3.00. The van der Waals surface area contributed by atoms with Crippen molar-refractivity contribution in [2.45, 2.75) is 39.5 Å². The molecule has 2 rings (SSSR count). The van der Waals surface area contributed by atoms with Gasteiger partial charge in [0.25, 0.3) is 0 Å². The van der Waals surface area contributed by atoms with E-state index in [9.17, 15) is 0 Å². The normalized spacial score (nSPS) is 23.6. The fourth-order valence-electron chi connectivity index (χ4n) is 2.51. The Kier molecular flexibility index (Phi) is 3.65. The topological polar surface area (TPSA) is 16.1 Å². The zero-order valence-corrected chi connectivity index (χ0v) is 11.4. The summed E-state index contributed by atoms with van der Waals surface area (Å²) in [6.45, 7) is 10.6. The van der Waals surface area contributed by atoms with Crippen LogP contribution in [0.4, 0.5) is 0 Å². The van der Waals surface area contributed by atoms with E-state index in [2.05, 4.69) is 36.0 Å². The predicted octanol–water partition coefficient (Wildman–Crippen LogP) is 3.37. The van der Waals surface area contributed by atoms with Gasteiger partial charge in [-0.2, -0.15) is 0 Å². The Bertz CT molecular complexity index is 313. The van der Waals surface area contributed by atoms with Crippen molar-refractivity contribution in [1.82, 2.24) is 9.88 Å². The summed E-state index contributed by atoms with van der Waals surface area (Å²) >= 11 is 1.81. The van der Waals surface area contributed by atoms with E-state index in [4.69, 9.17) is 0 Å². The maximum Gasteiger partial charge on any atom is 0.0968 e. The van der Waals surface area contributed by atoms with Crippen LogP contribution in [0.2, 0.25) is 0 Å². The van der Waals surface area contributed by atoms with Gasteiger partial charge in [0.15, 0.2) is 0 Å². The number of hydrogen-bond acceptors (Lipinski definition) is 3. The second-order valence-electron chi connectivity index (χ2n) is 6.01. The Labute approximate surface area is 103 Å². The molecule has 3 heteroatoms. The second-order valence-corrected chi connectivity index (χ2v) is 6.93. The number of nitrogens with zero attached hydrogens (tertiary/aromatic N) is 2. The summed E-state index contributed by atoms with van der Waals surface area (Å²) in [7, 11) is 0. The molecule has 1 aromatic rings. The van der Waals surface area contributed by atoms with Crippen LogP contribution in [0.25, 0.3) is 0 Å². The fraction of sp³-hybridized carbons (Fsp3) is 0.769. The van der Waals surface area contributed by atoms with Crippen LogP contribution in [0, 0.1) is 5.41 Å². The largest absolute Gasteiger partial charge is 0.302 e. The van der Waals surface area contributed by atoms with E-state index in [0.717, 1.165) is 0 Å². The van der Waals surface area contributed by atoms with Crippen molar-refractivity contribution in [2.75, 3.05) is 19.6 Å². The van der Waals surface area contributed by atoms with Crippen molar-refractivity contribution >= 4 is 11.3 Å². The summed E-state index contributed by atoms with van der Waals surface area (Å²) in [5.74, 6) is 0.677. The van der Waals surface area contributed by atoms with Crippen molar-refractivity contribution in [1.29, 1.82) is 0 Å². The first-order valence-electron chi connectivity index (χ1n) is 6.16. The molecule has 1 aromatic heterocycles. The lowest BCUT2D eigenvalue weighted by atomic mass is 9.92. The van der Waals surface area contributed by atoms with E-state index in [0.29, 0.717) is 11.3 Å². The molecule has 90 valence electrons. The van der Waals surface area contributed by atoms with E-state index in [1.807, 2.05) is 17.5 Å². The Hall–Kier alpha value is -0.410.